The third kappa shape index (κ3) is 67.3. The van der Waals surface area contributed by atoms with E-state index in [9.17, 15) is 19.8 Å². The third-order valence-corrected chi connectivity index (χ3v) is 17.5. The zero-order valence-corrected chi connectivity index (χ0v) is 55.0. The molecule has 0 rings (SSSR count). The van der Waals surface area contributed by atoms with E-state index in [0.29, 0.717) is 25.9 Å². The SMILES string of the molecule is CCCCCC/C=C\C/C=C\CCCCCCCCCC(=O)OCCCCCCCCCCCCCCCCCCCCCCCCCCCCCCCC(=O)NC(CO)C(O)CCCCCCCCCCCCCCCCCCC. The maximum atomic E-state index is 12.5. The minimum atomic E-state index is -0.662. The second kappa shape index (κ2) is 70.8. The van der Waals surface area contributed by atoms with Crippen LogP contribution in [0.5, 0.6) is 0 Å². The number of carbonyl (C=O) groups excluding carboxylic acids is 2. The van der Waals surface area contributed by atoms with Crippen molar-refractivity contribution in [3.8, 4) is 0 Å². The molecule has 480 valence electrons. The first kappa shape index (κ1) is 79.3. The average Bonchev–Trinajstić information content (AvgIpc) is 3.47. The Morgan fingerprint density at radius 2 is 0.617 bits per heavy atom. The lowest BCUT2D eigenvalue weighted by molar-refractivity contribution is -0.143. The normalized spacial score (nSPS) is 12.6. The minimum Gasteiger partial charge on any atom is -0.466 e. The summed E-state index contributed by atoms with van der Waals surface area (Å²) in [5.74, 6) is -0.0146. The van der Waals surface area contributed by atoms with Crippen LogP contribution in [0.15, 0.2) is 24.3 Å². The molecule has 0 spiro atoms. The van der Waals surface area contributed by atoms with E-state index in [1.165, 1.54) is 334 Å². The van der Waals surface area contributed by atoms with Crippen molar-refractivity contribution < 1.29 is 24.5 Å². The summed E-state index contributed by atoms with van der Waals surface area (Å²) >= 11 is 0. The summed E-state index contributed by atoms with van der Waals surface area (Å²) in [4.78, 5) is 24.6. The van der Waals surface area contributed by atoms with Gasteiger partial charge >= 0.3 is 5.97 Å². The van der Waals surface area contributed by atoms with Crippen molar-refractivity contribution in [2.24, 2.45) is 0 Å². The fourth-order valence-electron chi connectivity index (χ4n) is 11.9. The lowest BCUT2D eigenvalue weighted by Gasteiger charge is -2.22. The molecule has 6 heteroatoms. The zero-order chi connectivity index (χ0) is 58.5. The molecule has 0 aliphatic rings. The van der Waals surface area contributed by atoms with E-state index in [2.05, 4.69) is 43.5 Å². The van der Waals surface area contributed by atoms with Gasteiger partial charge in [-0.3, -0.25) is 9.59 Å². The van der Waals surface area contributed by atoms with Crippen LogP contribution in [0.4, 0.5) is 0 Å². The van der Waals surface area contributed by atoms with Crippen molar-refractivity contribution in [1.29, 1.82) is 0 Å². The molecule has 2 atom stereocenters. The highest BCUT2D eigenvalue weighted by Crippen LogP contribution is 2.19. The monoisotopic (exact) mass is 1140 g/mol. The molecule has 81 heavy (non-hydrogen) atoms. The van der Waals surface area contributed by atoms with E-state index in [1.807, 2.05) is 0 Å². The van der Waals surface area contributed by atoms with Gasteiger partial charge in [-0.05, 0) is 57.8 Å². The largest absolute Gasteiger partial charge is 0.466 e. The van der Waals surface area contributed by atoms with Crippen molar-refractivity contribution in [2.45, 2.75) is 431 Å². The number of allylic oxidation sites excluding steroid dienone is 4. The van der Waals surface area contributed by atoms with E-state index >= 15 is 0 Å². The van der Waals surface area contributed by atoms with Crippen LogP contribution in [0.1, 0.15) is 418 Å². The summed E-state index contributed by atoms with van der Waals surface area (Å²) in [5, 5.41) is 23.4. The highest BCUT2D eigenvalue weighted by Gasteiger charge is 2.20. The van der Waals surface area contributed by atoms with Gasteiger partial charge in [0.1, 0.15) is 0 Å². The molecule has 3 N–H and O–H groups in total. The van der Waals surface area contributed by atoms with Gasteiger partial charge in [0.05, 0.1) is 25.4 Å². The van der Waals surface area contributed by atoms with Crippen LogP contribution in [0.3, 0.4) is 0 Å². The minimum absolute atomic E-state index is 0.0130. The van der Waals surface area contributed by atoms with Crippen LogP contribution in [0.25, 0.3) is 0 Å². The van der Waals surface area contributed by atoms with Gasteiger partial charge < -0.3 is 20.3 Å². The summed E-state index contributed by atoms with van der Waals surface area (Å²) in [6.45, 7) is 4.98. The van der Waals surface area contributed by atoms with Crippen LogP contribution in [0, 0.1) is 0 Å². The highest BCUT2D eigenvalue weighted by molar-refractivity contribution is 5.76. The van der Waals surface area contributed by atoms with Crippen LogP contribution in [-0.4, -0.2) is 47.4 Å². The average molecular weight is 1140 g/mol. The van der Waals surface area contributed by atoms with Gasteiger partial charge in [0.15, 0.2) is 0 Å². The number of aliphatic hydroxyl groups excluding tert-OH is 2. The van der Waals surface area contributed by atoms with Crippen LogP contribution in [0.2, 0.25) is 0 Å². The first-order valence-electron chi connectivity index (χ1n) is 37.1. The van der Waals surface area contributed by atoms with Gasteiger partial charge in [-0.1, -0.05) is 372 Å². The van der Waals surface area contributed by atoms with Gasteiger partial charge in [0.25, 0.3) is 0 Å². The molecule has 0 fully saturated rings. The van der Waals surface area contributed by atoms with E-state index in [1.54, 1.807) is 0 Å². The van der Waals surface area contributed by atoms with E-state index in [0.717, 1.165) is 51.4 Å². The van der Waals surface area contributed by atoms with Crippen molar-refractivity contribution >= 4 is 11.9 Å². The second-order valence-corrected chi connectivity index (χ2v) is 25.6. The molecule has 0 saturated heterocycles. The van der Waals surface area contributed by atoms with Gasteiger partial charge in [0.2, 0.25) is 5.91 Å². The van der Waals surface area contributed by atoms with Crippen molar-refractivity contribution in [2.75, 3.05) is 13.2 Å². The maximum Gasteiger partial charge on any atom is 0.305 e. The fraction of sp³-hybridized carbons (Fsp3) is 0.920. The molecule has 0 aliphatic heterocycles. The molecular formula is C75H145NO5. The molecular weight excluding hydrogens is 995 g/mol. The van der Waals surface area contributed by atoms with Gasteiger partial charge in [-0.25, -0.2) is 0 Å². The Hall–Kier alpha value is -1.66. The first-order chi connectivity index (χ1) is 40.0. The van der Waals surface area contributed by atoms with E-state index in [4.69, 9.17) is 4.74 Å². The molecule has 0 saturated carbocycles. The summed E-state index contributed by atoms with van der Waals surface area (Å²) < 4.78 is 5.51. The predicted molar refractivity (Wildman–Crippen MR) is 356 cm³/mol. The molecule has 0 heterocycles. The van der Waals surface area contributed by atoms with Crippen molar-refractivity contribution in [3.63, 3.8) is 0 Å². The molecule has 1 amide bonds. The molecule has 0 aliphatic carbocycles. The van der Waals surface area contributed by atoms with E-state index < -0.39 is 12.1 Å². The molecule has 0 aromatic rings. The zero-order valence-electron chi connectivity index (χ0n) is 55.0. The lowest BCUT2D eigenvalue weighted by atomic mass is 10.0. The summed E-state index contributed by atoms with van der Waals surface area (Å²) in [5.41, 5.74) is 0. The number of hydrogen-bond acceptors (Lipinski definition) is 5. The summed E-state index contributed by atoms with van der Waals surface area (Å²) in [7, 11) is 0. The predicted octanol–water partition coefficient (Wildman–Crippen LogP) is 24.1. The Morgan fingerprint density at radius 3 is 0.951 bits per heavy atom. The number of carbonyl (C=O) groups is 2. The maximum absolute atomic E-state index is 12.5. The fourth-order valence-corrected chi connectivity index (χ4v) is 11.9. The summed E-state index contributed by atoms with van der Waals surface area (Å²) in [6, 6.07) is -0.539. The van der Waals surface area contributed by atoms with Crippen LogP contribution < -0.4 is 5.32 Å². The standard InChI is InChI=1S/C75H145NO5/c1-3-5-7-9-11-13-15-17-19-21-37-41-45-49-53-57-61-65-69-75(80)81-70-66-62-58-54-50-46-42-38-34-32-30-28-26-24-22-23-25-27-29-31-33-36-40-44-48-52-56-60-64-68-74(79)76-72(71-77)73(78)67-63-59-55-51-47-43-39-35-20-18-16-14-12-10-8-6-4-2/h13,15,19,21,72-73,77-78H,3-12,14,16-18,20,22-71H2,1-2H3,(H,76,79)/b15-13-,21-19-. The smallest absolute Gasteiger partial charge is 0.305 e. The van der Waals surface area contributed by atoms with Crippen LogP contribution >= 0.6 is 0 Å². The number of ether oxygens (including phenoxy) is 1. The lowest BCUT2D eigenvalue weighted by Crippen LogP contribution is -2.45. The highest BCUT2D eigenvalue weighted by atomic mass is 16.5. The number of hydrogen-bond donors (Lipinski definition) is 3. The number of esters is 1. The van der Waals surface area contributed by atoms with Crippen molar-refractivity contribution in [1.82, 2.24) is 5.32 Å². The Balaban J connectivity index is 3.33. The van der Waals surface area contributed by atoms with Gasteiger partial charge in [0, 0.05) is 12.8 Å². The topological polar surface area (TPSA) is 95.9 Å². The van der Waals surface area contributed by atoms with E-state index in [-0.39, 0.29) is 18.5 Å². The Morgan fingerprint density at radius 1 is 0.346 bits per heavy atom. The first-order valence-corrected chi connectivity index (χ1v) is 37.1. The molecule has 6 nitrogen and oxygen atoms in total. The molecule has 2 unspecified atom stereocenters. The number of unbranched alkanes of at least 4 members (excludes halogenated alkanes) is 55. The second-order valence-electron chi connectivity index (χ2n) is 25.6. The number of aliphatic hydroxyl groups is 2. The van der Waals surface area contributed by atoms with Crippen molar-refractivity contribution in [3.05, 3.63) is 24.3 Å². The Kier molecular flexibility index (Phi) is 69.4. The van der Waals surface area contributed by atoms with Crippen LogP contribution in [-0.2, 0) is 14.3 Å². The molecule has 0 bridgehead atoms. The Labute approximate surface area is 507 Å². The summed E-state index contributed by atoms with van der Waals surface area (Å²) in [6.07, 6.45) is 89.5. The van der Waals surface area contributed by atoms with Gasteiger partial charge in [-0.15, -0.1) is 0 Å². The number of amides is 1. The quantitative estimate of drug-likeness (QED) is 0.0320. The molecule has 0 radical (unpaired) electrons. The van der Waals surface area contributed by atoms with Gasteiger partial charge in [-0.2, -0.15) is 0 Å². The molecule has 0 aromatic carbocycles. The third-order valence-electron chi connectivity index (χ3n) is 17.5. The number of rotatable bonds is 70. The Bertz CT molecular complexity index is 1270. The molecule has 0 aromatic heterocycles. The number of nitrogens with one attached hydrogen (secondary N) is 1.